The number of nitrogens with zero attached hydrogens (tertiary/aromatic N) is 1. The number of amides is 1. The normalized spacial score (nSPS) is 15.5. The molecule has 5 rings (SSSR count). The number of aromatic nitrogens is 1. The molecule has 4 aromatic rings. The number of fused-ring (bicyclic) bond motifs is 3. The highest BCUT2D eigenvalue weighted by Crippen LogP contribution is 2.41. The number of carbonyl (C=O) groups excluding carboxylic acids is 2. The Balaban J connectivity index is 1.38. The topological polar surface area (TPSA) is 68.3 Å². The number of esters is 1. The van der Waals surface area contributed by atoms with Crippen molar-refractivity contribution in [2.45, 2.75) is 46.5 Å². The van der Waals surface area contributed by atoms with Crippen LogP contribution >= 0.6 is 0 Å². The molecule has 1 amide bonds. The highest BCUT2D eigenvalue weighted by atomic mass is 16.5. The Morgan fingerprint density at radius 1 is 1.03 bits per heavy atom. The lowest BCUT2D eigenvalue weighted by molar-refractivity contribution is -0.119. The van der Waals surface area contributed by atoms with Gasteiger partial charge in [-0.3, -0.25) is 9.78 Å². The van der Waals surface area contributed by atoms with Gasteiger partial charge in [-0.2, -0.15) is 0 Å². The Kier molecular flexibility index (Phi) is 6.48. The van der Waals surface area contributed by atoms with Gasteiger partial charge in [-0.25, -0.2) is 4.79 Å². The molecule has 1 heterocycles. The Morgan fingerprint density at radius 3 is 2.58 bits per heavy atom. The molecular weight excluding hydrogens is 448 g/mol. The van der Waals surface area contributed by atoms with E-state index < -0.39 is 5.97 Å². The Labute approximate surface area is 211 Å². The van der Waals surface area contributed by atoms with Crippen LogP contribution in [0.4, 0.5) is 5.69 Å². The summed E-state index contributed by atoms with van der Waals surface area (Å²) in [5.74, 6) is -0.370. The number of nitrogens with one attached hydrogen (secondary N) is 1. The van der Waals surface area contributed by atoms with Crippen LogP contribution in [0.3, 0.4) is 0 Å². The van der Waals surface area contributed by atoms with E-state index in [2.05, 4.69) is 26.1 Å². The number of aryl methyl sites for hydroxylation is 1. The third-order valence-corrected chi connectivity index (χ3v) is 7.85. The van der Waals surface area contributed by atoms with Gasteiger partial charge in [0.2, 0.25) is 0 Å². The van der Waals surface area contributed by atoms with Gasteiger partial charge in [-0.15, -0.1) is 0 Å². The van der Waals surface area contributed by atoms with E-state index in [1.54, 1.807) is 0 Å². The number of ether oxygens (including phenoxy) is 1. The second-order valence-corrected chi connectivity index (χ2v) is 10.4. The predicted octanol–water partition coefficient (Wildman–Crippen LogP) is 6.72. The van der Waals surface area contributed by atoms with Crippen LogP contribution in [0.2, 0.25) is 0 Å². The SMILES string of the molecule is CCC(C)(C)C1CCc2nc3ccccc3c(C(=O)OCC(=O)Nc3ccc4ccccc4c3)c2C1. The molecule has 0 fully saturated rings. The maximum atomic E-state index is 13.5. The van der Waals surface area contributed by atoms with Crippen molar-refractivity contribution in [1.82, 2.24) is 4.98 Å². The zero-order chi connectivity index (χ0) is 25.3. The molecule has 0 radical (unpaired) electrons. The molecule has 1 aliphatic carbocycles. The maximum absolute atomic E-state index is 13.5. The van der Waals surface area contributed by atoms with E-state index in [9.17, 15) is 9.59 Å². The minimum absolute atomic E-state index is 0.171. The molecule has 0 spiro atoms. The van der Waals surface area contributed by atoms with E-state index in [4.69, 9.17) is 9.72 Å². The fraction of sp³-hybridized carbons (Fsp3) is 0.323. The molecule has 1 N–H and O–H groups in total. The lowest BCUT2D eigenvalue weighted by atomic mass is 9.68. The Bertz CT molecular complexity index is 1460. The van der Waals surface area contributed by atoms with Crippen molar-refractivity contribution in [3.05, 3.63) is 83.6 Å². The van der Waals surface area contributed by atoms with Crippen LogP contribution in [0.15, 0.2) is 66.7 Å². The fourth-order valence-corrected chi connectivity index (χ4v) is 5.24. The quantitative estimate of drug-likeness (QED) is 0.311. The van der Waals surface area contributed by atoms with Gasteiger partial charge in [-0.1, -0.05) is 75.7 Å². The molecule has 0 saturated heterocycles. The minimum Gasteiger partial charge on any atom is -0.452 e. The van der Waals surface area contributed by atoms with E-state index in [-0.39, 0.29) is 17.9 Å². The van der Waals surface area contributed by atoms with Crippen LogP contribution in [-0.2, 0) is 22.4 Å². The van der Waals surface area contributed by atoms with Gasteiger partial charge in [0.25, 0.3) is 5.91 Å². The van der Waals surface area contributed by atoms with Crippen LogP contribution < -0.4 is 5.32 Å². The summed E-state index contributed by atoms with van der Waals surface area (Å²) in [4.78, 5) is 31.0. The van der Waals surface area contributed by atoms with Crippen LogP contribution in [0, 0.1) is 11.3 Å². The van der Waals surface area contributed by atoms with Crippen LogP contribution in [0.5, 0.6) is 0 Å². The number of rotatable bonds is 6. The third kappa shape index (κ3) is 4.70. The molecule has 0 bridgehead atoms. The first-order valence-electron chi connectivity index (χ1n) is 12.7. The Hall–Kier alpha value is -3.73. The van der Waals surface area contributed by atoms with Gasteiger partial charge >= 0.3 is 5.97 Å². The molecule has 5 nitrogen and oxygen atoms in total. The second kappa shape index (κ2) is 9.73. The first kappa shape index (κ1) is 24.0. The van der Waals surface area contributed by atoms with Gasteiger partial charge in [0, 0.05) is 16.8 Å². The zero-order valence-electron chi connectivity index (χ0n) is 21.1. The first-order valence-corrected chi connectivity index (χ1v) is 12.7. The van der Waals surface area contributed by atoms with E-state index in [0.29, 0.717) is 17.2 Å². The van der Waals surface area contributed by atoms with E-state index >= 15 is 0 Å². The summed E-state index contributed by atoms with van der Waals surface area (Å²) >= 11 is 0. The molecule has 3 aromatic carbocycles. The average molecular weight is 481 g/mol. The van der Waals surface area contributed by atoms with Crippen molar-refractivity contribution in [2.24, 2.45) is 11.3 Å². The number of para-hydroxylation sites is 1. The highest BCUT2D eigenvalue weighted by molar-refractivity contribution is 6.06. The lowest BCUT2D eigenvalue weighted by Crippen LogP contribution is -2.31. The summed E-state index contributed by atoms with van der Waals surface area (Å²) in [6.07, 6.45) is 3.77. The Morgan fingerprint density at radius 2 is 1.78 bits per heavy atom. The molecule has 1 atom stereocenters. The number of pyridine rings is 1. The first-order chi connectivity index (χ1) is 17.4. The van der Waals surface area contributed by atoms with Crippen molar-refractivity contribution < 1.29 is 14.3 Å². The molecule has 1 unspecified atom stereocenters. The molecular formula is C31H32N2O3. The van der Waals surface area contributed by atoms with Crippen molar-refractivity contribution in [3.8, 4) is 0 Å². The van der Waals surface area contributed by atoms with Crippen LogP contribution in [-0.4, -0.2) is 23.5 Å². The molecule has 1 aliphatic rings. The number of benzene rings is 3. The number of hydrogen-bond donors (Lipinski definition) is 1. The van der Waals surface area contributed by atoms with Gasteiger partial charge < -0.3 is 10.1 Å². The molecule has 36 heavy (non-hydrogen) atoms. The summed E-state index contributed by atoms with van der Waals surface area (Å²) in [5.41, 5.74) is 4.15. The van der Waals surface area contributed by atoms with Gasteiger partial charge in [0.15, 0.2) is 6.61 Å². The molecule has 5 heteroatoms. The summed E-state index contributed by atoms with van der Waals surface area (Å²) in [6.45, 7) is 6.47. The monoisotopic (exact) mass is 480 g/mol. The highest BCUT2D eigenvalue weighted by Gasteiger charge is 2.34. The lowest BCUT2D eigenvalue weighted by Gasteiger charge is -2.37. The van der Waals surface area contributed by atoms with Crippen molar-refractivity contribution in [2.75, 3.05) is 11.9 Å². The number of anilines is 1. The van der Waals surface area contributed by atoms with Gasteiger partial charge in [0.1, 0.15) is 0 Å². The van der Waals surface area contributed by atoms with Gasteiger partial charge in [-0.05, 0) is 65.1 Å². The van der Waals surface area contributed by atoms with Crippen molar-refractivity contribution in [1.29, 1.82) is 0 Å². The van der Waals surface area contributed by atoms with E-state index in [1.165, 1.54) is 0 Å². The fourth-order valence-electron chi connectivity index (χ4n) is 5.24. The van der Waals surface area contributed by atoms with E-state index in [1.807, 2.05) is 66.7 Å². The molecule has 0 aliphatic heterocycles. The van der Waals surface area contributed by atoms with Crippen molar-refractivity contribution >= 4 is 39.2 Å². The summed E-state index contributed by atoms with van der Waals surface area (Å²) in [6, 6.07) is 21.4. The summed E-state index contributed by atoms with van der Waals surface area (Å²) in [5, 5.41) is 5.76. The summed E-state index contributed by atoms with van der Waals surface area (Å²) in [7, 11) is 0. The molecule has 184 valence electrons. The number of carbonyl (C=O) groups is 2. The smallest absolute Gasteiger partial charge is 0.339 e. The standard InChI is InChI=1S/C31H32N2O3/c1-4-31(2,3)22-14-16-27-25(18-22)29(24-11-7-8-12-26(24)33-27)30(35)36-19-28(34)32-23-15-13-20-9-5-6-10-21(20)17-23/h5-13,15,17,22H,4,14,16,18-19H2,1-3H3,(H,32,34). The summed E-state index contributed by atoms with van der Waals surface area (Å²) < 4.78 is 5.59. The largest absolute Gasteiger partial charge is 0.452 e. The zero-order valence-corrected chi connectivity index (χ0v) is 21.1. The predicted molar refractivity (Wildman–Crippen MR) is 144 cm³/mol. The maximum Gasteiger partial charge on any atom is 0.339 e. The molecule has 0 saturated carbocycles. The van der Waals surface area contributed by atoms with Crippen molar-refractivity contribution in [3.63, 3.8) is 0 Å². The van der Waals surface area contributed by atoms with Crippen LogP contribution in [0.25, 0.3) is 21.7 Å². The second-order valence-electron chi connectivity index (χ2n) is 10.4. The number of hydrogen-bond acceptors (Lipinski definition) is 4. The van der Waals surface area contributed by atoms with Crippen LogP contribution in [0.1, 0.15) is 55.2 Å². The minimum atomic E-state index is -0.464. The average Bonchev–Trinajstić information content (AvgIpc) is 2.90. The third-order valence-electron chi connectivity index (χ3n) is 7.85. The van der Waals surface area contributed by atoms with E-state index in [0.717, 1.165) is 58.6 Å². The van der Waals surface area contributed by atoms with Gasteiger partial charge in [0.05, 0.1) is 11.1 Å². The molecule has 1 aromatic heterocycles.